The molecule has 0 bridgehead atoms. The van der Waals surface area contributed by atoms with Crippen LogP contribution in [-0.4, -0.2) is 30.1 Å². The first kappa shape index (κ1) is 18.1. The molecule has 1 aliphatic carbocycles. The smallest absolute Gasteiger partial charge is 0.335 e. The van der Waals surface area contributed by atoms with E-state index in [-0.39, 0.29) is 19.3 Å². The first-order chi connectivity index (χ1) is 11.9. The van der Waals surface area contributed by atoms with Crippen LogP contribution >= 0.6 is 0 Å². The van der Waals surface area contributed by atoms with Crippen molar-refractivity contribution in [1.29, 1.82) is 0 Å². The highest BCUT2D eigenvalue weighted by molar-refractivity contribution is 5.75. The minimum Gasteiger partial charge on any atom is -0.460 e. The second kappa shape index (κ2) is 7.65. The molecule has 1 aromatic carbocycles. The van der Waals surface area contributed by atoms with Gasteiger partial charge in [0, 0.05) is 6.42 Å². The quantitative estimate of drug-likeness (QED) is 0.827. The highest BCUT2D eigenvalue weighted by atomic mass is 16.7. The molecule has 0 spiro atoms. The van der Waals surface area contributed by atoms with Gasteiger partial charge >= 0.3 is 5.97 Å². The van der Waals surface area contributed by atoms with E-state index in [2.05, 4.69) is 20.8 Å². The lowest BCUT2D eigenvalue weighted by atomic mass is 9.75. The van der Waals surface area contributed by atoms with Crippen LogP contribution in [-0.2, 0) is 16.0 Å². The predicted molar refractivity (Wildman–Crippen MR) is 93.5 cm³/mol. The van der Waals surface area contributed by atoms with Crippen molar-refractivity contribution in [3.8, 4) is 11.5 Å². The summed E-state index contributed by atoms with van der Waals surface area (Å²) in [4.78, 5) is 12.4. The van der Waals surface area contributed by atoms with Gasteiger partial charge in [-0.3, -0.25) is 0 Å². The molecule has 0 radical (unpaired) electrons. The second-order valence-corrected chi connectivity index (χ2v) is 7.71. The highest BCUT2D eigenvalue weighted by Crippen LogP contribution is 2.36. The van der Waals surface area contributed by atoms with E-state index in [0.29, 0.717) is 29.3 Å². The van der Waals surface area contributed by atoms with Crippen LogP contribution in [0, 0.1) is 17.8 Å². The Bertz CT molecular complexity index is 612. The Labute approximate surface area is 149 Å². The molecule has 0 aromatic heterocycles. The van der Waals surface area contributed by atoms with Gasteiger partial charge < -0.3 is 19.3 Å². The molecule has 2 aliphatic rings. The van der Waals surface area contributed by atoms with Crippen molar-refractivity contribution in [2.45, 2.75) is 58.7 Å². The number of aliphatic hydroxyl groups is 1. The molecule has 3 rings (SSSR count). The fraction of sp³-hybridized carbons (Fsp3) is 0.650. The Morgan fingerprint density at radius 2 is 2.04 bits per heavy atom. The summed E-state index contributed by atoms with van der Waals surface area (Å²) < 4.78 is 16.3. The van der Waals surface area contributed by atoms with E-state index >= 15 is 0 Å². The lowest BCUT2D eigenvalue weighted by Crippen LogP contribution is -2.39. The Hall–Kier alpha value is -1.75. The molecule has 0 amide bonds. The Balaban J connectivity index is 1.60. The number of rotatable bonds is 5. The van der Waals surface area contributed by atoms with Gasteiger partial charge in [0.25, 0.3) is 0 Å². The summed E-state index contributed by atoms with van der Waals surface area (Å²) in [6, 6.07) is 5.44. The summed E-state index contributed by atoms with van der Waals surface area (Å²) in [5.74, 6) is 2.21. The van der Waals surface area contributed by atoms with Crippen LogP contribution in [0.1, 0.15) is 45.6 Å². The lowest BCUT2D eigenvalue weighted by Gasteiger charge is -2.37. The molecule has 1 heterocycles. The second-order valence-electron chi connectivity index (χ2n) is 7.71. The van der Waals surface area contributed by atoms with E-state index in [1.54, 1.807) is 12.1 Å². The summed E-state index contributed by atoms with van der Waals surface area (Å²) in [5, 5.41) is 10.3. The number of fused-ring (bicyclic) bond motifs is 1. The maximum absolute atomic E-state index is 12.4. The number of carbonyl (C=O) groups excluding carboxylic acids is 1. The van der Waals surface area contributed by atoms with Crippen LogP contribution < -0.4 is 9.47 Å². The third-order valence-corrected chi connectivity index (χ3v) is 5.37. The predicted octanol–water partition coefficient (Wildman–Crippen LogP) is 3.32. The van der Waals surface area contributed by atoms with Crippen LogP contribution in [0.4, 0.5) is 0 Å². The van der Waals surface area contributed by atoms with Gasteiger partial charge in [-0.05, 0) is 48.3 Å². The van der Waals surface area contributed by atoms with E-state index in [1.807, 2.05) is 6.07 Å². The molecule has 1 N–H and O–H groups in total. The van der Waals surface area contributed by atoms with Crippen LogP contribution in [0.3, 0.4) is 0 Å². The Morgan fingerprint density at radius 1 is 1.28 bits per heavy atom. The lowest BCUT2D eigenvalue weighted by molar-refractivity contribution is -0.165. The molecule has 0 saturated heterocycles. The number of aliphatic hydroxyl groups excluding tert-OH is 1. The number of hydrogen-bond donors (Lipinski definition) is 1. The SMILES string of the molecule is CC(C)[C@@H]1CC[C@@H](C)C[C@H]1OC(=O)[C@@H](O)Cc1ccc2c(c1)OCO2. The fourth-order valence-electron chi connectivity index (χ4n) is 3.85. The molecular weight excluding hydrogens is 320 g/mol. The number of esters is 1. The van der Waals surface area contributed by atoms with Gasteiger partial charge in [-0.1, -0.05) is 33.3 Å². The molecule has 0 unspecified atom stereocenters. The fourth-order valence-corrected chi connectivity index (χ4v) is 3.85. The van der Waals surface area contributed by atoms with Gasteiger partial charge in [-0.25, -0.2) is 4.79 Å². The summed E-state index contributed by atoms with van der Waals surface area (Å²) in [7, 11) is 0. The monoisotopic (exact) mass is 348 g/mol. The largest absolute Gasteiger partial charge is 0.460 e. The number of ether oxygens (including phenoxy) is 3. The molecule has 1 aliphatic heterocycles. The van der Waals surface area contributed by atoms with Crippen molar-refractivity contribution >= 4 is 5.97 Å². The standard InChI is InChI=1S/C20H28O5/c1-12(2)15-6-4-13(3)8-18(15)25-20(22)16(21)9-14-5-7-17-19(10-14)24-11-23-17/h5,7,10,12-13,15-16,18,21H,4,6,8-9,11H2,1-3H3/t13-,15+,16+,18-/m1/s1. The van der Waals surface area contributed by atoms with Crippen LogP contribution in [0.25, 0.3) is 0 Å². The maximum atomic E-state index is 12.4. The first-order valence-corrected chi connectivity index (χ1v) is 9.21. The average molecular weight is 348 g/mol. The zero-order chi connectivity index (χ0) is 18.0. The van der Waals surface area contributed by atoms with Crippen molar-refractivity contribution in [3.05, 3.63) is 23.8 Å². The van der Waals surface area contributed by atoms with E-state index in [0.717, 1.165) is 18.4 Å². The molecule has 1 fully saturated rings. The van der Waals surface area contributed by atoms with Gasteiger partial charge in [0.2, 0.25) is 6.79 Å². The third-order valence-electron chi connectivity index (χ3n) is 5.37. The number of carbonyl (C=O) groups is 1. The molecule has 138 valence electrons. The Kier molecular flexibility index (Phi) is 5.52. The molecule has 25 heavy (non-hydrogen) atoms. The highest BCUT2D eigenvalue weighted by Gasteiger charge is 2.34. The van der Waals surface area contributed by atoms with E-state index < -0.39 is 12.1 Å². The molecule has 4 atom stereocenters. The van der Waals surface area contributed by atoms with Gasteiger partial charge in [0.05, 0.1) is 0 Å². The van der Waals surface area contributed by atoms with E-state index in [9.17, 15) is 9.90 Å². The number of hydrogen-bond acceptors (Lipinski definition) is 5. The van der Waals surface area contributed by atoms with Gasteiger partial charge in [-0.15, -0.1) is 0 Å². The maximum Gasteiger partial charge on any atom is 0.335 e. The van der Waals surface area contributed by atoms with Crippen molar-refractivity contribution in [2.75, 3.05) is 6.79 Å². The molecule has 5 nitrogen and oxygen atoms in total. The number of benzene rings is 1. The van der Waals surface area contributed by atoms with E-state index in [4.69, 9.17) is 14.2 Å². The minimum atomic E-state index is -1.16. The summed E-state index contributed by atoms with van der Waals surface area (Å²) in [6.45, 7) is 6.75. The van der Waals surface area contributed by atoms with Crippen molar-refractivity contribution in [3.63, 3.8) is 0 Å². The summed E-state index contributed by atoms with van der Waals surface area (Å²) >= 11 is 0. The zero-order valence-electron chi connectivity index (χ0n) is 15.2. The topological polar surface area (TPSA) is 65.0 Å². The molecule has 1 aromatic rings. The molecular formula is C20H28O5. The summed E-state index contributed by atoms with van der Waals surface area (Å²) in [6.07, 6.45) is 2.09. The van der Waals surface area contributed by atoms with Crippen molar-refractivity contribution in [1.82, 2.24) is 0 Å². The van der Waals surface area contributed by atoms with Gasteiger partial charge in [-0.2, -0.15) is 0 Å². The normalized spacial score (nSPS) is 26.5. The van der Waals surface area contributed by atoms with Crippen LogP contribution in [0.2, 0.25) is 0 Å². The zero-order valence-corrected chi connectivity index (χ0v) is 15.2. The molecule has 5 heteroatoms. The minimum absolute atomic E-state index is 0.0948. The Morgan fingerprint density at radius 3 is 2.80 bits per heavy atom. The first-order valence-electron chi connectivity index (χ1n) is 9.21. The van der Waals surface area contributed by atoms with Gasteiger partial charge in [0.1, 0.15) is 6.10 Å². The van der Waals surface area contributed by atoms with Crippen molar-refractivity contribution in [2.24, 2.45) is 17.8 Å². The van der Waals surface area contributed by atoms with E-state index in [1.165, 1.54) is 6.42 Å². The van der Waals surface area contributed by atoms with Crippen molar-refractivity contribution < 1.29 is 24.1 Å². The average Bonchev–Trinajstić information content (AvgIpc) is 3.02. The van der Waals surface area contributed by atoms with Crippen LogP contribution in [0.5, 0.6) is 11.5 Å². The molecule has 1 saturated carbocycles. The summed E-state index contributed by atoms with van der Waals surface area (Å²) in [5.41, 5.74) is 0.825. The van der Waals surface area contributed by atoms with Gasteiger partial charge in [0.15, 0.2) is 17.6 Å². The third kappa shape index (κ3) is 4.27. The van der Waals surface area contributed by atoms with Crippen LogP contribution in [0.15, 0.2) is 18.2 Å².